The standard InChI is InChI=1S/C17H19N3O/c1-11(2)15-9-16(17-18-13(4)10-20(17)19-15)21-14-7-5-6-12(3)8-14/h5-11H,1-4H3. The van der Waals surface area contributed by atoms with Gasteiger partial charge in [-0.25, -0.2) is 9.50 Å². The molecule has 0 fully saturated rings. The summed E-state index contributed by atoms with van der Waals surface area (Å²) in [7, 11) is 0. The third-order valence-corrected chi connectivity index (χ3v) is 3.34. The highest BCUT2D eigenvalue weighted by molar-refractivity contribution is 5.56. The molecule has 0 aliphatic carbocycles. The molecule has 0 radical (unpaired) electrons. The molecule has 0 saturated heterocycles. The Morgan fingerprint density at radius 3 is 2.67 bits per heavy atom. The van der Waals surface area contributed by atoms with Gasteiger partial charge in [0.25, 0.3) is 0 Å². The van der Waals surface area contributed by atoms with Crippen LogP contribution >= 0.6 is 0 Å². The van der Waals surface area contributed by atoms with Gasteiger partial charge in [-0.15, -0.1) is 0 Å². The van der Waals surface area contributed by atoms with E-state index in [2.05, 4.69) is 23.9 Å². The minimum Gasteiger partial charge on any atom is -0.453 e. The summed E-state index contributed by atoms with van der Waals surface area (Å²) in [5.41, 5.74) is 3.83. The molecule has 1 aromatic carbocycles. The normalized spacial score (nSPS) is 11.3. The zero-order valence-corrected chi connectivity index (χ0v) is 12.8. The van der Waals surface area contributed by atoms with Crippen molar-refractivity contribution < 1.29 is 4.74 Å². The predicted octanol–water partition coefficient (Wildman–Crippen LogP) is 4.26. The largest absolute Gasteiger partial charge is 0.453 e. The van der Waals surface area contributed by atoms with Crippen LogP contribution in [0.3, 0.4) is 0 Å². The monoisotopic (exact) mass is 281 g/mol. The lowest BCUT2D eigenvalue weighted by atomic mass is 10.1. The second-order valence-electron chi connectivity index (χ2n) is 5.66. The second-order valence-corrected chi connectivity index (χ2v) is 5.66. The predicted molar refractivity (Wildman–Crippen MR) is 83.1 cm³/mol. The molecule has 0 amide bonds. The number of imidazole rings is 1. The Bertz CT molecular complexity index is 790. The van der Waals surface area contributed by atoms with E-state index < -0.39 is 0 Å². The zero-order chi connectivity index (χ0) is 15.0. The van der Waals surface area contributed by atoms with Crippen molar-refractivity contribution in [2.75, 3.05) is 0 Å². The van der Waals surface area contributed by atoms with Gasteiger partial charge in [-0.2, -0.15) is 5.10 Å². The van der Waals surface area contributed by atoms with E-state index in [1.165, 1.54) is 5.56 Å². The molecule has 2 heterocycles. The lowest BCUT2D eigenvalue weighted by molar-refractivity contribution is 0.480. The minimum absolute atomic E-state index is 0.331. The number of rotatable bonds is 3. The average molecular weight is 281 g/mol. The summed E-state index contributed by atoms with van der Waals surface area (Å²) < 4.78 is 7.85. The molecule has 3 aromatic rings. The van der Waals surface area contributed by atoms with E-state index in [0.717, 1.165) is 28.5 Å². The Balaban J connectivity index is 2.11. The molecule has 0 bridgehead atoms. The number of fused-ring (bicyclic) bond motifs is 1. The van der Waals surface area contributed by atoms with E-state index in [4.69, 9.17) is 4.74 Å². The van der Waals surface area contributed by atoms with E-state index in [9.17, 15) is 0 Å². The van der Waals surface area contributed by atoms with Gasteiger partial charge >= 0.3 is 0 Å². The van der Waals surface area contributed by atoms with Crippen LogP contribution < -0.4 is 4.74 Å². The molecular weight excluding hydrogens is 262 g/mol. The van der Waals surface area contributed by atoms with Crippen LogP contribution in [-0.2, 0) is 0 Å². The van der Waals surface area contributed by atoms with Crippen LogP contribution in [-0.4, -0.2) is 14.6 Å². The molecule has 4 nitrogen and oxygen atoms in total. The summed E-state index contributed by atoms with van der Waals surface area (Å²) in [5.74, 6) is 1.89. The quantitative estimate of drug-likeness (QED) is 0.720. The Hall–Kier alpha value is -2.36. The third-order valence-electron chi connectivity index (χ3n) is 3.34. The summed E-state index contributed by atoms with van der Waals surface area (Å²) in [6.07, 6.45) is 1.92. The first-order valence-corrected chi connectivity index (χ1v) is 7.14. The van der Waals surface area contributed by atoms with Crippen molar-refractivity contribution in [2.45, 2.75) is 33.6 Å². The number of aromatic nitrogens is 3. The van der Waals surface area contributed by atoms with Crippen molar-refractivity contribution in [3.63, 3.8) is 0 Å². The van der Waals surface area contributed by atoms with Gasteiger partial charge in [0.05, 0.1) is 17.6 Å². The molecule has 4 heteroatoms. The van der Waals surface area contributed by atoms with Crippen molar-refractivity contribution in [1.29, 1.82) is 0 Å². The summed E-state index contributed by atoms with van der Waals surface area (Å²) in [6.45, 7) is 8.25. The molecule has 3 rings (SSSR count). The van der Waals surface area contributed by atoms with E-state index in [1.54, 1.807) is 4.52 Å². The lowest BCUT2D eigenvalue weighted by Crippen LogP contribution is -2.01. The molecule has 0 atom stereocenters. The van der Waals surface area contributed by atoms with Gasteiger partial charge in [0.1, 0.15) is 5.75 Å². The smallest absolute Gasteiger partial charge is 0.197 e. The molecule has 0 aliphatic heterocycles. The third kappa shape index (κ3) is 2.75. The van der Waals surface area contributed by atoms with Gasteiger partial charge in [0.2, 0.25) is 0 Å². The van der Waals surface area contributed by atoms with Crippen LogP contribution in [0.5, 0.6) is 11.5 Å². The highest BCUT2D eigenvalue weighted by Crippen LogP contribution is 2.28. The summed E-state index contributed by atoms with van der Waals surface area (Å²) in [5, 5.41) is 4.59. The van der Waals surface area contributed by atoms with Crippen LogP contribution in [0.15, 0.2) is 36.5 Å². The zero-order valence-electron chi connectivity index (χ0n) is 12.8. The highest BCUT2D eigenvalue weighted by Gasteiger charge is 2.12. The van der Waals surface area contributed by atoms with E-state index >= 15 is 0 Å². The molecule has 2 aromatic heterocycles. The van der Waals surface area contributed by atoms with Crippen molar-refractivity contribution in [3.8, 4) is 11.5 Å². The topological polar surface area (TPSA) is 39.4 Å². The van der Waals surface area contributed by atoms with Gasteiger partial charge in [-0.05, 0) is 37.5 Å². The Morgan fingerprint density at radius 2 is 1.95 bits per heavy atom. The van der Waals surface area contributed by atoms with Crippen molar-refractivity contribution in [1.82, 2.24) is 14.6 Å². The molecule has 0 unspecified atom stereocenters. The van der Waals surface area contributed by atoms with Gasteiger partial charge in [0, 0.05) is 6.07 Å². The molecule has 0 spiro atoms. The Labute approximate surface area is 124 Å². The Morgan fingerprint density at radius 1 is 1.14 bits per heavy atom. The lowest BCUT2D eigenvalue weighted by Gasteiger charge is -2.11. The van der Waals surface area contributed by atoms with Crippen LogP contribution in [0, 0.1) is 13.8 Å². The van der Waals surface area contributed by atoms with Crippen LogP contribution in [0.25, 0.3) is 5.65 Å². The fourth-order valence-electron chi connectivity index (χ4n) is 2.24. The number of aryl methyl sites for hydroxylation is 2. The van der Waals surface area contributed by atoms with Crippen molar-refractivity contribution in [2.24, 2.45) is 0 Å². The maximum Gasteiger partial charge on any atom is 0.197 e. The SMILES string of the molecule is Cc1cccc(Oc2cc(C(C)C)nn3cc(C)nc23)c1. The average Bonchev–Trinajstić information content (AvgIpc) is 2.79. The van der Waals surface area contributed by atoms with Crippen molar-refractivity contribution in [3.05, 3.63) is 53.5 Å². The molecule has 21 heavy (non-hydrogen) atoms. The first-order chi connectivity index (χ1) is 10.0. The maximum absolute atomic E-state index is 6.05. The first-order valence-electron chi connectivity index (χ1n) is 7.14. The van der Waals surface area contributed by atoms with E-state index in [0.29, 0.717) is 5.92 Å². The highest BCUT2D eigenvalue weighted by atomic mass is 16.5. The number of hydrogen-bond acceptors (Lipinski definition) is 3. The summed E-state index contributed by atoms with van der Waals surface area (Å²) in [4.78, 5) is 4.51. The van der Waals surface area contributed by atoms with Gasteiger partial charge in [-0.1, -0.05) is 26.0 Å². The fraction of sp³-hybridized carbons (Fsp3) is 0.294. The van der Waals surface area contributed by atoms with Crippen molar-refractivity contribution >= 4 is 5.65 Å². The van der Waals surface area contributed by atoms with E-state index in [1.807, 2.05) is 50.4 Å². The van der Waals surface area contributed by atoms with Crippen LogP contribution in [0.4, 0.5) is 0 Å². The Kier molecular flexibility index (Phi) is 3.37. The second kappa shape index (κ2) is 5.20. The fourth-order valence-corrected chi connectivity index (χ4v) is 2.24. The molecule has 0 N–H and O–H groups in total. The number of ether oxygens (including phenoxy) is 1. The number of benzene rings is 1. The van der Waals surface area contributed by atoms with Gasteiger partial charge in [-0.3, -0.25) is 0 Å². The number of nitrogens with zero attached hydrogens (tertiary/aromatic N) is 3. The van der Waals surface area contributed by atoms with Gasteiger partial charge < -0.3 is 4.74 Å². The van der Waals surface area contributed by atoms with Gasteiger partial charge in [0.15, 0.2) is 11.4 Å². The molecule has 108 valence electrons. The maximum atomic E-state index is 6.05. The number of hydrogen-bond donors (Lipinski definition) is 0. The van der Waals surface area contributed by atoms with E-state index in [-0.39, 0.29) is 0 Å². The molecule has 0 saturated carbocycles. The van der Waals surface area contributed by atoms with Crippen LogP contribution in [0.2, 0.25) is 0 Å². The minimum atomic E-state index is 0.331. The molecule has 0 aliphatic rings. The first kappa shape index (κ1) is 13.6. The molecular formula is C17H19N3O. The summed E-state index contributed by atoms with van der Waals surface area (Å²) >= 11 is 0. The summed E-state index contributed by atoms with van der Waals surface area (Å²) in [6, 6.07) is 9.99. The van der Waals surface area contributed by atoms with Crippen LogP contribution in [0.1, 0.15) is 36.7 Å².